The topological polar surface area (TPSA) is 77.2 Å². The molecule has 0 aliphatic rings. The number of rotatable bonds is 6. The second kappa shape index (κ2) is 7.82. The summed E-state index contributed by atoms with van der Waals surface area (Å²) in [6, 6.07) is 11.3. The van der Waals surface area contributed by atoms with Crippen molar-refractivity contribution in [1.82, 2.24) is 15.5 Å². The quantitative estimate of drug-likeness (QED) is 0.736. The zero-order chi connectivity index (χ0) is 18.5. The van der Waals surface area contributed by atoms with Crippen LogP contribution < -0.4 is 10.1 Å². The highest BCUT2D eigenvalue weighted by atomic mass is 16.5. The van der Waals surface area contributed by atoms with Crippen molar-refractivity contribution < 1.29 is 14.1 Å². The maximum atomic E-state index is 12.8. The number of nitrogens with one attached hydrogen (secondary N) is 1. The van der Waals surface area contributed by atoms with Gasteiger partial charge in [-0.3, -0.25) is 9.78 Å². The molecule has 0 saturated carbocycles. The van der Waals surface area contributed by atoms with Crippen molar-refractivity contribution in [3.05, 3.63) is 65.7 Å². The summed E-state index contributed by atoms with van der Waals surface area (Å²) in [5.41, 5.74) is 2.80. The van der Waals surface area contributed by atoms with Gasteiger partial charge in [0.15, 0.2) is 0 Å². The molecule has 0 saturated heterocycles. The Bertz CT molecular complexity index is 890. The number of aryl methyl sites for hydroxylation is 1. The minimum Gasteiger partial charge on any atom is -0.496 e. The summed E-state index contributed by atoms with van der Waals surface area (Å²) in [5.74, 6) is 1.09. The Morgan fingerprint density at radius 2 is 1.96 bits per heavy atom. The van der Waals surface area contributed by atoms with Crippen molar-refractivity contribution in [2.45, 2.75) is 26.3 Å². The molecule has 0 aliphatic carbocycles. The molecule has 26 heavy (non-hydrogen) atoms. The van der Waals surface area contributed by atoms with Gasteiger partial charge in [-0.2, -0.15) is 0 Å². The van der Waals surface area contributed by atoms with Crippen molar-refractivity contribution >= 4 is 5.91 Å². The molecule has 0 bridgehead atoms. The predicted molar refractivity (Wildman–Crippen MR) is 98.1 cm³/mol. The fourth-order valence-electron chi connectivity index (χ4n) is 2.89. The molecule has 0 spiro atoms. The predicted octanol–water partition coefficient (Wildman–Crippen LogP) is 3.41. The summed E-state index contributed by atoms with van der Waals surface area (Å²) in [7, 11) is 1.64. The van der Waals surface area contributed by atoms with Crippen LogP contribution in [-0.2, 0) is 6.42 Å². The summed E-state index contributed by atoms with van der Waals surface area (Å²) in [6.07, 6.45) is 3.97. The molecule has 6 nitrogen and oxygen atoms in total. The molecular formula is C20H21N3O3. The normalized spacial score (nSPS) is 11.8. The lowest BCUT2D eigenvalue weighted by Gasteiger charge is -2.16. The van der Waals surface area contributed by atoms with Gasteiger partial charge >= 0.3 is 0 Å². The number of benzene rings is 1. The molecular weight excluding hydrogens is 330 g/mol. The third-order valence-corrected chi connectivity index (χ3v) is 4.14. The van der Waals surface area contributed by atoms with E-state index in [4.69, 9.17) is 9.26 Å². The molecule has 1 aromatic carbocycles. The molecule has 0 fully saturated rings. The first-order valence-electron chi connectivity index (χ1n) is 8.39. The largest absolute Gasteiger partial charge is 0.496 e. The van der Waals surface area contributed by atoms with Crippen LogP contribution >= 0.6 is 0 Å². The Labute approximate surface area is 152 Å². The zero-order valence-corrected chi connectivity index (χ0v) is 15.0. The number of nitrogens with zero attached hydrogens (tertiary/aromatic N) is 2. The highest BCUT2D eigenvalue weighted by Crippen LogP contribution is 2.25. The number of carbonyl (C=O) groups excluding carboxylic acids is 1. The van der Waals surface area contributed by atoms with E-state index in [2.05, 4.69) is 15.5 Å². The molecule has 0 unspecified atom stereocenters. The number of carbonyl (C=O) groups is 1. The fraction of sp³-hybridized carbons (Fsp3) is 0.250. The SMILES string of the molecule is COc1ccccc1C[C@H](C)NC(=O)c1c(-c2ccncc2)noc1C. The number of amides is 1. The van der Waals surface area contributed by atoms with Crippen molar-refractivity contribution in [1.29, 1.82) is 0 Å². The van der Waals surface area contributed by atoms with Gasteiger partial charge in [-0.05, 0) is 44.0 Å². The summed E-state index contributed by atoms with van der Waals surface area (Å²) in [4.78, 5) is 16.8. The first kappa shape index (κ1) is 17.7. The van der Waals surface area contributed by atoms with Crippen LogP contribution in [0.3, 0.4) is 0 Å². The average molecular weight is 351 g/mol. The molecule has 2 heterocycles. The van der Waals surface area contributed by atoms with Crippen molar-refractivity contribution in [2.75, 3.05) is 7.11 Å². The standard InChI is InChI=1S/C20H21N3O3/c1-13(12-16-6-4-5-7-17(16)25-3)22-20(24)18-14(2)26-23-19(18)15-8-10-21-11-9-15/h4-11,13H,12H2,1-3H3,(H,22,24)/t13-/m0/s1. The number of aromatic nitrogens is 2. The van der Waals surface area contributed by atoms with Crippen LogP contribution in [0.1, 0.15) is 28.6 Å². The van der Waals surface area contributed by atoms with Gasteiger partial charge in [0.1, 0.15) is 22.8 Å². The molecule has 1 atom stereocenters. The number of methoxy groups -OCH3 is 1. The molecule has 3 aromatic rings. The van der Waals surface area contributed by atoms with Crippen LogP contribution in [0.2, 0.25) is 0 Å². The second-order valence-electron chi connectivity index (χ2n) is 6.09. The first-order chi connectivity index (χ1) is 12.6. The van der Waals surface area contributed by atoms with E-state index in [1.165, 1.54) is 0 Å². The molecule has 6 heteroatoms. The maximum Gasteiger partial charge on any atom is 0.257 e. The van der Waals surface area contributed by atoms with Gasteiger partial charge in [0.05, 0.1) is 7.11 Å². The lowest BCUT2D eigenvalue weighted by molar-refractivity contribution is 0.0939. The van der Waals surface area contributed by atoms with E-state index in [0.29, 0.717) is 23.4 Å². The van der Waals surface area contributed by atoms with E-state index in [1.54, 1.807) is 38.6 Å². The number of para-hydroxylation sites is 1. The van der Waals surface area contributed by atoms with Gasteiger partial charge in [0.25, 0.3) is 5.91 Å². The summed E-state index contributed by atoms with van der Waals surface area (Å²) < 4.78 is 10.6. The van der Waals surface area contributed by atoms with Crippen LogP contribution in [0.15, 0.2) is 53.3 Å². The van der Waals surface area contributed by atoms with Gasteiger partial charge < -0.3 is 14.6 Å². The maximum absolute atomic E-state index is 12.8. The Hall–Kier alpha value is -3.15. The number of hydrogen-bond acceptors (Lipinski definition) is 5. The van der Waals surface area contributed by atoms with Gasteiger partial charge in [-0.15, -0.1) is 0 Å². The highest BCUT2D eigenvalue weighted by molar-refractivity contribution is 6.00. The lowest BCUT2D eigenvalue weighted by atomic mass is 10.0. The summed E-state index contributed by atoms with van der Waals surface area (Å²) in [5, 5.41) is 7.07. The smallest absolute Gasteiger partial charge is 0.257 e. The third-order valence-electron chi connectivity index (χ3n) is 4.14. The van der Waals surface area contributed by atoms with Crippen LogP contribution in [0.5, 0.6) is 5.75 Å². The molecule has 1 amide bonds. The first-order valence-corrected chi connectivity index (χ1v) is 8.39. The van der Waals surface area contributed by atoms with Gasteiger partial charge in [-0.1, -0.05) is 23.4 Å². The number of ether oxygens (including phenoxy) is 1. The number of hydrogen-bond donors (Lipinski definition) is 1. The number of pyridine rings is 1. The van der Waals surface area contributed by atoms with E-state index in [-0.39, 0.29) is 11.9 Å². The van der Waals surface area contributed by atoms with Crippen LogP contribution in [0.4, 0.5) is 0 Å². The monoisotopic (exact) mass is 351 g/mol. The molecule has 3 rings (SSSR count). The van der Waals surface area contributed by atoms with Crippen LogP contribution in [0, 0.1) is 6.92 Å². The molecule has 2 aromatic heterocycles. The van der Waals surface area contributed by atoms with Crippen molar-refractivity contribution in [2.24, 2.45) is 0 Å². The van der Waals surface area contributed by atoms with E-state index >= 15 is 0 Å². The van der Waals surface area contributed by atoms with E-state index < -0.39 is 0 Å². The Morgan fingerprint density at radius 3 is 2.69 bits per heavy atom. The van der Waals surface area contributed by atoms with E-state index in [1.807, 2.05) is 31.2 Å². The van der Waals surface area contributed by atoms with E-state index in [9.17, 15) is 4.79 Å². The Morgan fingerprint density at radius 1 is 1.23 bits per heavy atom. The highest BCUT2D eigenvalue weighted by Gasteiger charge is 2.23. The minimum absolute atomic E-state index is 0.0848. The minimum atomic E-state index is -0.210. The fourth-order valence-corrected chi connectivity index (χ4v) is 2.89. The molecule has 0 radical (unpaired) electrons. The van der Waals surface area contributed by atoms with Gasteiger partial charge in [0.2, 0.25) is 0 Å². The van der Waals surface area contributed by atoms with Gasteiger partial charge in [-0.25, -0.2) is 0 Å². The third kappa shape index (κ3) is 3.74. The van der Waals surface area contributed by atoms with E-state index in [0.717, 1.165) is 16.9 Å². The molecule has 134 valence electrons. The lowest BCUT2D eigenvalue weighted by Crippen LogP contribution is -2.34. The Kier molecular flexibility index (Phi) is 5.31. The van der Waals surface area contributed by atoms with Crippen LogP contribution in [0.25, 0.3) is 11.3 Å². The molecule has 0 aliphatic heterocycles. The van der Waals surface area contributed by atoms with Crippen LogP contribution in [-0.4, -0.2) is 29.2 Å². The Balaban J connectivity index is 1.77. The molecule has 1 N–H and O–H groups in total. The van der Waals surface area contributed by atoms with Crippen molar-refractivity contribution in [3.8, 4) is 17.0 Å². The summed E-state index contributed by atoms with van der Waals surface area (Å²) in [6.45, 7) is 3.69. The second-order valence-corrected chi connectivity index (χ2v) is 6.09. The average Bonchev–Trinajstić information content (AvgIpc) is 3.04. The van der Waals surface area contributed by atoms with Crippen molar-refractivity contribution in [3.63, 3.8) is 0 Å². The zero-order valence-electron chi connectivity index (χ0n) is 15.0. The van der Waals surface area contributed by atoms with Gasteiger partial charge in [0, 0.05) is 24.0 Å². The summed E-state index contributed by atoms with van der Waals surface area (Å²) >= 11 is 0.